The first kappa shape index (κ1) is 26.0. The predicted octanol–water partition coefficient (Wildman–Crippen LogP) is 5.04. The zero-order valence-corrected chi connectivity index (χ0v) is 19.3. The minimum Gasteiger partial charge on any atom is -0.490 e. The monoisotopic (exact) mass is 496 g/mol. The molecule has 2 N–H and O–H groups in total. The van der Waals surface area contributed by atoms with Crippen LogP contribution >= 0.6 is 0 Å². The van der Waals surface area contributed by atoms with Gasteiger partial charge in [0.15, 0.2) is 5.75 Å². The van der Waals surface area contributed by atoms with Gasteiger partial charge < -0.3 is 19.9 Å². The van der Waals surface area contributed by atoms with Crippen LogP contribution in [-0.2, 0) is 15.7 Å². The van der Waals surface area contributed by atoms with Gasteiger partial charge in [-0.05, 0) is 49.9 Å². The molecule has 2 heterocycles. The number of anilines is 2. The van der Waals surface area contributed by atoms with Crippen molar-refractivity contribution >= 4 is 23.7 Å². The zero-order chi connectivity index (χ0) is 25.6. The van der Waals surface area contributed by atoms with Crippen molar-refractivity contribution in [1.82, 2.24) is 9.97 Å². The first-order chi connectivity index (χ1) is 16.6. The van der Waals surface area contributed by atoms with E-state index in [0.717, 1.165) is 12.1 Å². The Morgan fingerprint density at radius 2 is 1.94 bits per heavy atom. The maximum Gasteiger partial charge on any atom is 0.416 e. The van der Waals surface area contributed by atoms with Crippen molar-refractivity contribution in [3.8, 4) is 5.75 Å². The number of carboxylic acid groups (broad SMARTS) is 1. The van der Waals surface area contributed by atoms with E-state index in [2.05, 4.69) is 15.3 Å². The summed E-state index contributed by atoms with van der Waals surface area (Å²) >= 11 is 0. The lowest BCUT2D eigenvalue weighted by molar-refractivity contribution is -0.138. The first-order valence-electron chi connectivity index (χ1n) is 11.2. The molecule has 0 spiro atoms. The minimum absolute atomic E-state index is 0.0249. The normalized spacial score (nSPS) is 17.5. The number of hydrogen-bond acceptors (Lipinski definition) is 7. The number of nitrogens with one attached hydrogen (secondary N) is 1. The van der Waals surface area contributed by atoms with E-state index in [0.29, 0.717) is 30.7 Å². The molecule has 9 nitrogen and oxygen atoms in total. The minimum atomic E-state index is -4.55. The molecule has 0 bridgehead atoms. The number of alkyl halides is 3. The maximum absolute atomic E-state index is 13.5. The van der Waals surface area contributed by atoms with E-state index in [1.165, 1.54) is 23.4 Å². The van der Waals surface area contributed by atoms with Crippen LogP contribution < -0.4 is 15.0 Å². The van der Waals surface area contributed by atoms with Crippen LogP contribution in [-0.4, -0.2) is 46.4 Å². The number of aromatic nitrogens is 2. The molecule has 0 saturated heterocycles. The highest BCUT2D eigenvalue weighted by Gasteiger charge is 2.39. The van der Waals surface area contributed by atoms with Gasteiger partial charge >= 0.3 is 18.2 Å². The maximum atomic E-state index is 13.5. The number of nitrogens with zero attached hydrogens (tertiary/aromatic N) is 3. The van der Waals surface area contributed by atoms with Gasteiger partial charge in [-0.3, -0.25) is 9.69 Å². The van der Waals surface area contributed by atoms with Gasteiger partial charge in [-0.25, -0.2) is 14.8 Å². The third kappa shape index (κ3) is 6.52. The molecule has 3 rings (SSSR count). The van der Waals surface area contributed by atoms with E-state index in [-0.39, 0.29) is 37.2 Å². The lowest BCUT2D eigenvalue weighted by atomic mass is 9.89. The van der Waals surface area contributed by atoms with Crippen molar-refractivity contribution in [2.45, 2.75) is 57.8 Å². The fraction of sp³-hybridized carbons (Fsp3) is 0.478. The molecule has 2 atom stereocenters. The third-order valence-corrected chi connectivity index (χ3v) is 5.53. The molecule has 0 saturated carbocycles. The lowest BCUT2D eigenvalue weighted by Gasteiger charge is -2.40. The summed E-state index contributed by atoms with van der Waals surface area (Å²) in [5.41, 5.74) is -0.201. The first-order valence-corrected chi connectivity index (χ1v) is 11.2. The number of halogens is 3. The fourth-order valence-corrected chi connectivity index (χ4v) is 3.89. The van der Waals surface area contributed by atoms with Crippen LogP contribution in [0.4, 0.5) is 29.6 Å². The van der Waals surface area contributed by atoms with Crippen LogP contribution in [0.5, 0.6) is 5.75 Å². The lowest BCUT2D eigenvalue weighted by Crippen LogP contribution is -2.46. The summed E-state index contributed by atoms with van der Waals surface area (Å²) in [5, 5.41) is 11.7. The number of carbonyl (C=O) groups is 2. The quantitative estimate of drug-likeness (QED) is 0.465. The largest absolute Gasteiger partial charge is 0.490 e. The van der Waals surface area contributed by atoms with Crippen LogP contribution in [0.2, 0.25) is 0 Å². The number of fused-ring (bicyclic) bond motifs is 1. The van der Waals surface area contributed by atoms with E-state index >= 15 is 0 Å². The van der Waals surface area contributed by atoms with Crippen molar-refractivity contribution in [2.75, 3.05) is 23.4 Å². The standard InChI is InChI=1S/C23H27F3N4O5/c1-3-15-11-18(29-21-27-12-16(13-28-21)35-9-5-6-20(31)32)17-10-14(23(24,25)26)7-8-19(17)30(15)22(33)34-4-2/h7-8,10,12-13,15,18H,3-6,9,11H2,1-2H3,(H,31,32)(H,27,28,29)/t15-,18+/m1/s1. The SMILES string of the molecule is CCOC(=O)N1c2ccc(C(F)(F)F)cc2[C@@H](Nc2ncc(OCCCC(=O)O)cn2)C[C@H]1CC. The predicted molar refractivity (Wildman–Crippen MR) is 120 cm³/mol. The summed E-state index contributed by atoms with van der Waals surface area (Å²) in [6, 6.07) is 2.37. The molecule has 1 amide bonds. The zero-order valence-electron chi connectivity index (χ0n) is 19.3. The molecule has 0 radical (unpaired) electrons. The Hall–Kier alpha value is -3.57. The number of rotatable bonds is 9. The molecule has 2 aromatic rings. The van der Waals surface area contributed by atoms with Gasteiger partial charge in [0.2, 0.25) is 5.95 Å². The summed E-state index contributed by atoms with van der Waals surface area (Å²) in [4.78, 5) is 33.0. The van der Waals surface area contributed by atoms with E-state index in [1.807, 2.05) is 6.92 Å². The number of ether oxygens (including phenoxy) is 2. The Kier molecular flexibility index (Phi) is 8.36. The summed E-state index contributed by atoms with van der Waals surface area (Å²) in [6.07, 6.45) is -1.19. The van der Waals surface area contributed by atoms with E-state index in [4.69, 9.17) is 14.6 Å². The van der Waals surface area contributed by atoms with Crippen LogP contribution in [0.25, 0.3) is 0 Å². The molecular formula is C23H27F3N4O5. The van der Waals surface area contributed by atoms with Crippen molar-refractivity contribution in [3.63, 3.8) is 0 Å². The highest BCUT2D eigenvalue weighted by atomic mass is 19.4. The van der Waals surface area contributed by atoms with Crippen molar-refractivity contribution in [1.29, 1.82) is 0 Å². The average molecular weight is 496 g/mol. The summed E-state index contributed by atoms with van der Waals surface area (Å²) in [7, 11) is 0. The topological polar surface area (TPSA) is 114 Å². The van der Waals surface area contributed by atoms with Crippen molar-refractivity contribution < 1.29 is 37.3 Å². The van der Waals surface area contributed by atoms with Crippen LogP contribution in [0.3, 0.4) is 0 Å². The summed E-state index contributed by atoms with van der Waals surface area (Å²) in [5.74, 6) is -0.405. The number of carboxylic acids is 1. The van der Waals surface area contributed by atoms with Crippen LogP contribution in [0.15, 0.2) is 30.6 Å². The van der Waals surface area contributed by atoms with E-state index in [1.54, 1.807) is 6.92 Å². The van der Waals surface area contributed by atoms with E-state index < -0.39 is 29.8 Å². The fourth-order valence-electron chi connectivity index (χ4n) is 3.89. The van der Waals surface area contributed by atoms with Crippen molar-refractivity contribution in [2.24, 2.45) is 0 Å². The van der Waals surface area contributed by atoms with Crippen LogP contribution in [0.1, 0.15) is 56.7 Å². The third-order valence-electron chi connectivity index (χ3n) is 5.53. The molecule has 0 aliphatic carbocycles. The average Bonchev–Trinajstić information content (AvgIpc) is 2.81. The van der Waals surface area contributed by atoms with Crippen molar-refractivity contribution in [3.05, 3.63) is 41.7 Å². The van der Waals surface area contributed by atoms with Gasteiger partial charge in [0.05, 0.1) is 42.9 Å². The van der Waals surface area contributed by atoms with Gasteiger partial charge in [0, 0.05) is 12.5 Å². The molecule has 35 heavy (non-hydrogen) atoms. The molecular weight excluding hydrogens is 469 g/mol. The molecule has 190 valence electrons. The number of benzene rings is 1. The van der Waals surface area contributed by atoms with Gasteiger partial charge in [-0.15, -0.1) is 0 Å². The summed E-state index contributed by atoms with van der Waals surface area (Å²) < 4.78 is 50.9. The molecule has 1 aliphatic rings. The van der Waals surface area contributed by atoms with Gasteiger partial charge in [-0.2, -0.15) is 13.2 Å². The summed E-state index contributed by atoms with van der Waals surface area (Å²) in [6.45, 7) is 3.87. The van der Waals surface area contributed by atoms with Gasteiger partial charge in [-0.1, -0.05) is 6.92 Å². The van der Waals surface area contributed by atoms with Crippen LogP contribution in [0, 0.1) is 0 Å². The molecule has 1 aromatic heterocycles. The Morgan fingerprint density at radius 3 is 2.54 bits per heavy atom. The Balaban J connectivity index is 1.85. The smallest absolute Gasteiger partial charge is 0.416 e. The number of amides is 1. The van der Waals surface area contributed by atoms with E-state index in [9.17, 15) is 22.8 Å². The second kappa shape index (κ2) is 11.2. The molecule has 12 heteroatoms. The highest BCUT2D eigenvalue weighted by Crippen LogP contribution is 2.43. The number of carbonyl (C=O) groups excluding carboxylic acids is 1. The Labute approximate surface area is 200 Å². The molecule has 0 fully saturated rings. The molecule has 1 aromatic carbocycles. The number of hydrogen-bond donors (Lipinski definition) is 2. The Morgan fingerprint density at radius 1 is 1.23 bits per heavy atom. The molecule has 1 aliphatic heterocycles. The van der Waals surface area contributed by atoms with Gasteiger partial charge in [0.25, 0.3) is 0 Å². The second-order valence-corrected chi connectivity index (χ2v) is 7.92. The highest BCUT2D eigenvalue weighted by molar-refractivity contribution is 5.90. The van der Waals surface area contributed by atoms with Gasteiger partial charge in [0.1, 0.15) is 0 Å². The Bertz CT molecular complexity index is 1030. The molecule has 0 unspecified atom stereocenters. The number of aliphatic carboxylic acids is 1. The second-order valence-electron chi connectivity index (χ2n) is 7.92.